The number of nitrogens with one attached hydrogen (secondary N) is 3. The smallest absolute Gasteiger partial charge is 0.323 e. The standard InChI is InChI=1S/C26H29ClN4O4S/c1-16(2)13-22(25-28-15-19(36-25)11-12-24(33)34)30-23(32)14-17-7-9-18(10-8-17)29-26(35)31-21-6-4-3-5-20(21)27/h3-10,15-16,22H,11-14H2,1-2H3,(H,30,32)(H,33,34)(H2,29,31,35). The number of aryl methyl sites for hydroxylation is 1. The predicted molar refractivity (Wildman–Crippen MR) is 143 cm³/mol. The van der Waals surface area contributed by atoms with Gasteiger partial charge in [-0.1, -0.05) is 49.7 Å². The number of para-hydroxylation sites is 1. The summed E-state index contributed by atoms with van der Waals surface area (Å²) in [5.74, 6) is -0.650. The second-order valence-electron chi connectivity index (χ2n) is 8.74. The zero-order valence-corrected chi connectivity index (χ0v) is 21.7. The second kappa shape index (κ2) is 13.0. The highest BCUT2D eigenvalue weighted by atomic mass is 35.5. The summed E-state index contributed by atoms with van der Waals surface area (Å²) in [5.41, 5.74) is 1.89. The van der Waals surface area contributed by atoms with E-state index in [4.69, 9.17) is 16.7 Å². The maximum absolute atomic E-state index is 12.8. The number of hydrogen-bond acceptors (Lipinski definition) is 5. The molecule has 1 unspecified atom stereocenters. The average molecular weight is 529 g/mol. The van der Waals surface area contributed by atoms with Crippen LogP contribution >= 0.6 is 22.9 Å². The number of aromatic nitrogens is 1. The molecule has 0 radical (unpaired) electrons. The van der Waals surface area contributed by atoms with Crippen molar-refractivity contribution < 1.29 is 19.5 Å². The van der Waals surface area contributed by atoms with E-state index in [1.54, 1.807) is 54.7 Å². The number of aliphatic carboxylic acids is 1. The number of benzene rings is 2. The molecule has 0 aliphatic rings. The molecule has 0 bridgehead atoms. The van der Waals surface area contributed by atoms with E-state index >= 15 is 0 Å². The summed E-state index contributed by atoms with van der Waals surface area (Å²) in [4.78, 5) is 41.2. The first-order valence-corrected chi connectivity index (χ1v) is 12.8. The number of urea groups is 1. The first-order chi connectivity index (χ1) is 17.2. The number of anilines is 2. The number of carboxylic acids is 1. The summed E-state index contributed by atoms with van der Waals surface area (Å²) in [6.07, 6.45) is 3.07. The minimum absolute atomic E-state index is 0.0509. The number of hydrogen-bond donors (Lipinski definition) is 4. The first-order valence-electron chi connectivity index (χ1n) is 11.6. The number of halogens is 1. The van der Waals surface area contributed by atoms with Gasteiger partial charge in [0.15, 0.2) is 0 Å². The molecule has 0 spiro atoms. The van der Waals surface area contributed by atoms with Crippen molar-refractivity contribution >= 4 is 52.2 Å². The summed E-state index contributed by atoms with van der Waals surface area (Å²) < 4.78 is 0. The zero-order chi connectivity index (χ0) is 26.1. The van der Waals surface area contributed by atoms with Gasteiger partial charge in [-0.2, -0.15) is 0 Å². The molecule has 36 heavy (non-hydrogen) atoms. The lowest BCUT2D eigenvalue weighted by Crippen LogP contribution is -2.30. The topological polar surface area (TPSA) is 120 Å². The number of thiazole rings is 1. The molecule has 190 valence electrons. The van der Waals surface area contributed by atoms with E-state index in [-0.39, 0.29) is 24.8 Å². The van der Waals surface area contributed by atoms with Crippen molar-refractivity contribution in [2.75, 3.05) is 10.6 Å². The van der Waals surface area contributed by atoms with Crippen LogP contribution in [0.5, 0.6) is 0 Å². The molecule has 0 saturated carbocycles. The van der Waals surface area contributed by atoms with E-state index in [0.29, 0.717) is 28.7 Å². The number of amides is 3. The minimum Gasteiger partial charge on any atom is -0.481 e. The Hall–Kier alpha value is -3.43. The summed E-state index contributed by atoms with van der Waals surface area (Å²) in [7, 11) is 0. The maximum Gasteiger partial charge on any atom is 0.323 e. The molecule has 3 amide bonds. The third-order valence-electron chi connectivity index (χ3n) is 5.20. The van der Waals surface area contributed by atoms with Gasteiger partial charge < -0.3 is 21.1 Å². The Kier molecular flexibility index (Phi) is 9.84. The van der Waals surface area contributed by atoms with Gasteiger partial charge in [0.1, 0.15) is 5.01 Å². The summed E-state index contributed by atoms with van der Waals surface area (Å²) >= 11 is 7.50. The molecule has 0 aliphatic carbocycles. The Labute approximate surface area is 219 Å². The van der Waals surface area contributed by atoms with Crippen molar-refractivity contribution in [2.24, 2.45) is 5.92 Å². The van der Waals surface area contributed by atoms with Gasteiger partial charge >= 0.3 is 12.0 Å². The molecule has 4 N–H and O–H groups in total. The predicted octanol–water partition coefficient (Wildman–Crippen LogP) is 5.90. The molecule has 1 atom stereocenters. The van der Waals surface area contributed by atoms with Gasteiger partial charge in [0.05, 0.1) is 29.6 Å². The van der Waals surface area contributed by atoms with E-state index in [1.807, 2.05) is 0 Å². The number of nitrogens with zero attached hydrogens (tertiary/aromatic N) is 1. The number of carboxylic acid groups (broad SMARTS) is 1. The summed E-state index contributed by atoms with van der Waals surface area (Å²) in [5, 5.41) is 18.6. The van der Waals surface area contributed by atoms with Crippen LogP contribution in [0.1, 0.15) is 48.2 Å². The average Bonchev–Trinajstić information content (AvgIpc) is 3.29. The molecule has 0 aliphatic heterocycles. The van der Waals surface area contributed by atoms with Gasteiger partial charge in [-0.15, -0.1) is 11.3 Å². The highest BCUT2D eigenvalue weighted by molar-refractivity contribution is 7.11. The van der Waals surface area contributed by atoms with Gasteiger partial charge in [-0.05, 0) is 48.6 Å². The third kappa shape index (κ3) is 8.66. The zero-order valence-electron chi connectivity index (χ0n) is 20.1. The van der Waals surface area contributed by atoms with Crippen LogP contribution in [0.2, 0.25) is 5.02 Å². The van der Waals surface area contributed by atoms with Gasteiger partial charge in [0.2, 0.25) is 5.91 Å². The van der Waals surface area contributed by atoms with Gasteiger partial charge in [-0.25, -0.2) is 9.78 Å². The van der Waals surface area contributed by atoms with Crippen LogP contribution in [-0.2, 0) is 22.4 Å². The minimum atomic E-state index is -0.848. The fourth-order valence-corrected chi connectivity index (χ4v) is 4.67. The fourth-order valence-electron chi connectivity index (χ4n) is 3.51. The van der Waals surface area contributed by atoms with Crippen molar-refractivity contribution in [3.8, 4) is 0 Å². The van der Waals surface area contributed by atoms with E-state index in [2.05, 4.69) is 34.8 Å². The fraction of sp³-hybridized carbons (Fsp3) is 0.308. The lowest BCUT2D eigenvalue weighted by atomic mass is 10.0. The van der Waals surface area contributed by atoms with Crippen LogP contribution in [0, 0.1) is 5.92 Å². The highest BCUT2D eigenvalue weighted by Crippen LogP contribution is 2.27. The molecule has 10 heteroatoms. The Balaban J connectivity index is 1.56. The molecule has 1 aromatic heterocycles. The molecule has 2 aromatic carbocycles. The summed E-state index contributed by atoms with van der Waals surface area (Å²) in [6.45, 7) is 4.15. The van der Waals surface area contributed by atoms with E-state index in [9.17, 15) is 14.4 Å². The van der Waals surface area contributed by atoms with Gasteiger partial charge in [0.25, 0.3) is 0 Å². The highest BCUT2D eigenvalue weighted by Gasteiger charge is 2.20. The van der Waals surface area contributed by atoms with Crippen molar-refractivity contribution in [2.45, 2.75) is 45.6 Å². The molecule has 0 saturated heterocycles. The first kappa shape index (κ1) is 27.2. The Bertz CT molecular complexity index is 1200. The molecule has 8 nitrogen and oxygen atoms in total. The van der Waals surface area contributed by atoms with Crippen LogP contribution in [-0.4, -0.2) is 28.0 Å². The van der Waals surface area contributed by atoms with E-state index in [0.717, 1.165) is 21.9 Å². The number of rotatable bonds is 11. The lowest BCUT2D eigenvalue weighted by Gasteiger charge is -2.18. The Morgan fingerprint density at radius 2 is 1.78 bits per heavy atom. The van der Waals surface area contributed by atoms with Crippen molar-refractivity contribution in [1.29, 1.82) is 0 Å². The summed E-state index contributed by atoms with van der Waals surface area (Å²) in [6, 6.07) is 13.3. The maximum atomic E-state index is 12.8. The van der Waals surface area contributed by atoms with E-state index < -0.39 is 12.0 Å². The molecule has 3 aromatic rings. The molecule has 1 heterocycles. The lowest BCUT2D eigenvalue weighted by molar-refractivity contribution is -0.137. The van der Waals surface area contributed by atoms with Crippen molar-refractivity contribution in [1.82, 2.24) is 10.3 Å². The third-order valence-corrected chi connectivity index (χ3v) is 6.70. The van der Waals surface area contributed by atoms with Gasteiger partial charge in [0, 0.05) is 16.8 Å². The molecular formula is C26H29ClN4O4S. The van der Waals surface area contributed by atoms with Crippen LogP contribution in [0.3, 0.4) is 0 Å². The number of carbonyl (C=O) groups excluding carboxylic acids is 2. The van der Waals surface area contributed by atoms with Gasteiger partial charge in [-0.3, -0.25) is 9.59 Å². The van der Waals surface area contributed by atoms with Crippen LogP contribution in [0.25, 0.3) is 0 Å². The monoisotopic (exact) mass is 528 g/mol. The van der Waals surface area contributed by atoms with Crippen LogP contribution in [0.15, 0.2) is 54.7 Å². The molecule has 0 fully saturated rings. The SMILES string of the molecule is CC(C)CC(NC(=O)Cc1ccc(NC(=O)Nc2ccccc2Cl)cc1)c1ncc(CCC(=O)O)s1. The number of carbonyl (C=O) groups is 3. The molecular weight excluding hydrogens is 500 g/mol. The van der Waals surface area contributed by atoms with Crippen LogP contribution < -0.4 is 16.0 Å². The van der Waals surface area contributed by atoms with E-state index in [1.165, 1.54) is 11.3 Å². The normalized spacial score (nSPS) is 11.7. The second-order valence-corrected chi connectivity index (χ2v) is 10.3. The largest absolute Gasteiger partial charge is 0.481 e. The van der Waals surface area contributed by atoms with Crippen molar-refractivity contribution in [3.05, 3.63) is 75.2 Å². The Morgan fingerprint density at radius 3 is 2.44 bits per heavy atom. The Morgan fingerprint density at radius 1 is 1.06 bits per heavy atom. The quantitative estimate of drug-likeness (QED) is 0.247. The van der Waals surface area contributed by atoms with Crippen molar-refractivity contribution in [3.63, 3.8) is 0 Å². The molecule has 3 rings (SSSR count). The van der Waals surface area contributed by atoms with Crippen LogP contribution in [0.4, 0.5) is 16.2 Å².